The predicted octanol–water partition coefficient (Wildman–Crippen LogP) is 2.42. The third-order valence-electron chi connectivity index (χ3n) is 5.73. The number of esters is 1. The summed E-state index contributed by atoms with van der Waals surface area (Å²) >= 11 is 1.23. The van der Waals surface area contributed by atoms with Gasteiger partial charge in [0.15, 0.2) is 4.80 Å². The number of amides is 1. The zero-order valence-electron chi connectivity index (χ0n) is 20.3. The molecule has 12 heteroatoms. The van der Waals surface area contributed by atoms with Crippen molar-refractivity contribution in [3.63, 3.8) is 0 Å². The lowest BCUT2D eigenvalue weighted by atomic mass is 10.2. The third kappa shape index (κ3) is 5.36. The van der Waals surface area contributed by atoms with Crippen LogP contribution >= 0.6 is 11.3 Å². The van der Waals surface area contributed by atoms with E-state index < -0.39 is 21.9 Å². The van der Waals surface area contributed by atoms with Gasteiger partial charge in [0.1, 0.15) is 12.3 Å². The molecule has 36 heavy (non-hydrogen) atoms. The monoisotopic (exact) mass is 533 g/mol. The highest BCUT2D eigenvalue weighted by Crippen LogP contribution is 2.24. The largest absolute Gasteiger partial charge is 0.497 e. The maximum Gasteiger partial charge on any atom is 0.325 e. The molecule has 1 saturated heterocycles. The van der Waals surface area contributed by atoms with Gasteiger partial charge in [0.2, 0.25) is 10.0 Å². The zero-order chi connectivity index (χ0) is 26.0. The number of carbonyl (C=O) groups is 2. The fraction of sp³-hybridized carbons (Fsp3) is 0.375. The van der Waals surface area contributed by atoms with Gasteiger partial charge in [-0.15, -0.1) is 0 Å². The number of carbonyl (C=O) groups excluding carboxylic acids is 2. The van der Waals surface area contributed by atoms with Gasteiger partial charge in [0, 0.05) is 18.7 Å². The first-order chi connectivity index (χ1) is 17.1. The van der Waals surface area contributed by atoms with Gasteiger partial charge in [0.25, 0.3) is 5.91 Å². The van der Waals surface area contributed by atoms with Crippen molar-refractivity contribution in [3.05, 3.63) is 52.8 Å². The third-order valence-corrected chi connectivity index (χ3v) is 8.61. The molecule has 1 amide bonds. The summed E-state index contributed by atoms with van der Waals surface area (Å²) in [7, 11) is -0.890. The number of rotatable bonds is 6. The van der Waals surface area contributed by atoms with E-state index >= 15 is 0 Å². The van der Waals surface area contributed by atoms with Crippen LogP contribution in [0.1, 0.15) is 24.2 Å². The molecule has 0 unspecified atom stereocenters. The van der Waals surface area contributed by atoms with Crippen LogP contribution in [0.2, 0.25) is 0 Å². The topological polar surface area (TPSA) is 117 Å². The minimum absolute atomic E-state index is 0.0927. The molecule has 1 aliphatic heterocycles. The van der Waals surface area contributed by atoms with E-state index in [-0.39, 0.29) is 42.3 Å². The van der Waals surface area contributed by atoms with Gasteiger partial charge >= 0.3 is 5.97 Å². The molecular formula is C24H27N3O7S2. The Bertz CT molecular complexity index is 1450. The highest BCUT2D eigenvalue weighted by atomic mass is 32.2. The Kier molecular flexibility index (Phi) is 7.59. The van der Waals surface area contributed by atoms with Gasteiger partial charge in [-0.05, 0) is 56.3 Å². The molecular weight excluding hydrogens is 506 g/mol. The number of thiazole rings is 1. The fourth-order valence-electron chi connectivity index (χ4n) is 4.01. The van der Waals surface area contributed by atoms with Crippen LogP contribution in [-0.4, -0.2) is 68.7 Å². The highest BCUT2D eigenvalue weighted by Gasteiger charge is 2.32. The van der Waals surface area contributed by atoms with Crippen LogP contribution < -0.4 is 9.54 Å². The van der Waals surface area contributed by atoms with Gasteiger partial charge in [-0.25, -0.2) is 8.42 Å². The molecule has 3 aromatic rings. The van der Waals surface area contributed by atoms with Crippen LogP contribution in [0.25, 0.3) is 10.2 Å². The molecule has 0 saturated carbocycles. The van der Waals surface area contributed by atoms with Crippen molar-refractivity contribution in [1.82, 2.24) is 8.87 Å². The minimum atomic E-state index is -3.73. The molecule has 0 radical (unpaired) electrons. The van der Waals surface area contributed by atoms with Crippen LogP contribution in [0.15, 0.2) is 52.4 Å². The van der Waals surface area contributed by atoms with E-state index in [9.17, 15) is 18.0 Å². The van der Waals surface area contributed by atoms with Crippen molar-refractivity contribution < 1.29 is 32.2 Å². The van der Waals surface area contributed by atoms with E-state index in [0.29, 0.717) is 16.1 Å². The van der Waals surface area contributed by atoms with Crippen LogP contribution in [0.3, 0.4) is 0 Å². The molecule has 2 aromatic carbocycles. The molecule has 0 spiro atoms. The second kappa shape index (κ2) is 10.5. The quantitative estimate of drug-likeness (QED) is 0.447. The lowest BCUT2D eigenvalue weighted by Crippen LogP contribution is -2.48. The van der Waals surface area contributed by atoms with Crippen molar-refractivity contribution >= 4 is 43.5 Å². The Labute approximate surface area is 212 Å². The average Bonchev–Trinajstić information content (AvgIpc) is 3.18. The number of hydrogen-bond donors (Lipinski definition) is 0. The van der Waals surface area contributed by atoms with Gasteiger partial charge in [-0.2, -0.15) is 9.30 Å². The number of ether oxygens (including phenoxy) is 3. The Morgan fingerprint density at radius 1 is 1.08 bits per heavy atom. The van der Waals surface area contributed by atoms with Crippen molar-refractivity contribution in [2.75, 3.05) is 27.3 Å². The van der Waals surface area contributed by atoms with Crippen molar-refractivity contribution in [3.8, 4) is 5.75 Å². The molecule has 0 aliphatic carbocycles. The van der Waals surface area contributed by atoms with E-state index in [2.05, 4.69) is 4.99 Å². The summed E-state index contributed by atoms with van der Waals surface area (Å²) in [5.74, 6) is -0.418. The van der Waals surface area contributed by atoms with Gasteiger partial charge < -0.3 is 18.8 Å². The van der Waals surface area contributed by atoms with Crippen LogP contribution in [0.4, 0.5) is 0 Å². The van der Waals surface area contributed by atoms with Crippen LogP contribution in [0.5, 0.6) is 5.75 Å². The molecule has 1 fully saturated rings. The summed E-state index contributed by atoms with van der Waals surface area (Å²) in [6, 6.07) is 11.0. The summed E-state index contributed by atoms with van der Waals surface area (Å²) < 4.78 is 45.6. The maximum atomic E-state index is 13.1. The van der Waals surface area contributed by atoms with Gasteiger partial charge in [0.05, 0.1) is 41.5 Å². The standard InChI is InChI=1S/C24H27N3O7S2/c1-15-12-26(13-16(2)34-15)36(30,31)19-8-5-17(6-9-19)23(29)25-24-27(14-22(28)33-4)20-10-7-18(32-3)11-21(20)35-24/h5-11,15-16H,12-14H2,1-4H3/t15-,16-/m0/s1. The number of nitrogens with zero attached hydrogens (tertiary/aromatic N) is 3. The molecule has 1 aliphatic rings. The fourth-order valence-corrected chi connectivity index (χ4v) is 6.66. The Morgan fingerprint density at radius 2 is 1.75 bits per heavy atom. The van der Waals surface area contributed by atoms with Gasteiger partial charge in [-0.1, -0.05) is 11.3 Å². The average molecular weight is 534 g/mol. The molecule has 0 bridgehead atoms. The first-order valence-electron chi connectivity index (χ1n) is 11.2. The van der Waals surface area contributed by atoms with Crippen molar-refractivity contribution in [2.45, 2.75) is 37.5 Å². The van der Waals surface area contributed by atoms with E-state index in [4.69, 9.17) is 14.2 Å². The van der Waals surface area contributed by atoms with Gasteiger partial charge in [-0.3, -0.25) is 9.59 Å². The van der Waals surface area contributed by atoms with Crippen molar-refractivity contribution in [2.24, 2.45) is 4.99 Å². The zero-order valence-corrected chi connectivity index (χ0v) is 22.0. The number of fused-ring (bicyclic) bond motifs is 1. The molecule has 0 N–H and O–H groups in total. The molecule has 4 rings (SSSR count). The summed E-state index contributed by atoms with van der Waals surface area (Å²) in [5, 5.41) is 0. The van der Waals surface area contributed by atoms with Crippen LogP contribution in [0, 0.1) is 0 Å². The second-order valence-corrected chi connectivity index (χ2v) is 11.3. The molecule has 10 nitrogen and oxygen atoms in total. The molecule has 192 valence electrons. The van der Waals surface area contributed by atoms with E-state index in [0.717, 1.165) is 4.70 Å². The summed E-state index contributed by atoms with van der Waals surface area (Å²) in [6.07, 6.45) is -0.415. The lowest BCUT2D eigenvalue weighted by Gasteiger charge is -2.34. The second-order valence-electron chi connectivity index (χ2n) is 8.40. The lowest BCUT2D eigenvalue weighted by molar-refractivity contribution is -0.141. The SMILES string of the molecule is COC(=O)Cn1c(=NC(=O)c2ccc(S(=O)(=O)N3C[C@H](C)O[C@@H](C)C3)cc2)sc2cc(OC)ccc21. The summed E-state index contributed by atoms with van der Waals surface area (Å²) in [6.45, 7) is 4.07. The van der Waals surface area contributed by atoms with E-state index in [1.54, 1.807) is 29.9 Å². The first kappa shape index (κ1) is 26.0. The summed E-state index contributed by atoms with van der Waals surface area (Å²) in [4.78, 5) is 29.6. The maximum absolute atomic E-state index is 13.1. The minimum Gasteiger partial charge on any atom is -0.497 e. The number of aromatic nitrogens is 1. The first-order valence-corrected chi connectivity index (χ1v) is 13.5. The van der Waals surface area contributed by atoms with Crippen molar-refractivity contribution in [1.29, 1.82) is 0 Å². The predicted molar refractivity (Wildman–Crippen MR) is 133 cm³/mol. The number of methoxy groups -OCH3 is 2. The Balaban J connectivity index is 1.66. The van der Waals surface area contributed by atoms with Crippen LogP contribution in [-0.2, 0) is 30.8 Å². The molecule has 1 aromatic heterocycles. The number of morpholine rings is 1. The number of hydrogen-bond acceptors (Lipinski definition) is 8. The van der Waals surface area contributed by atoms with E-state index in [1.807, 2.05) is 13.8 Å². The van der Waals surface area contributed by atoms with E-state index in [1.165, 1.54) is 47.0 Å². The normalized spacial score (nSPS) is 19.4. The Morgan fingerprint density at radius 3 is 2.36 bits per heavy atom. The summed E-state index contributed by atoms with van der Waals surface area (Å²) in [5.41, 5.74) is 0.922. The molecule has 2 atom stereocenters. The number of benzene rings is 2. The number of sulfonamides is 1. The molecule has 2 heterocycles. The Hall–Kier alpha value is -3.06. The highest BCUT2D eigenvalue weighted by molar-refractivity contribution is 7.89. The smallest absolute Gasteiger partial charge is 0.325 e.